The molecule has 0 heterocycles. The molecule has 0 spiro atoms. The molecule has 114 valence electrons. The number of carbonyl (C=O) groups is 1. The fraction of sp³-hybridized carbons (Fsp3) is 0.0667. The van der Waals surface area contributed by atoms with Crippen LogP contribution in [0.3, 0.4) is 0 Å². The summed E-state index contributed by atoms with van der Waals surface area (Å²) in [7, 11) is 0. The first kappa shape index (κ1) is 17.2. The van der Waals surface area contributed by atoms with Crippen LogP contribution in [0.5, 0.6) is 0 Å². The molecule has 0 radical (unpaired) electrons. The Morgan fingerprint density at radius 2 is 1.77 bits per heavy atom. The van der Waals surface area contributed by atoms with Crippen LogP contribution in [0.1, 0.15) is 5.56 Å². The first-order chi connectivity index (χ1) is 10.5. The van der Waals surface area contributed by atoms with Crippen LogP contribution in [-0.4, -0.2) is 17.9 Å². The summed E-state index contributed by atoms with van der Waals surface area (Å²) in [5.41, 5.74) is 3.12. The molecule has 0 bridgehead atoms. The van der Waals surface area contributed by atoms with Gasteiger partial charge in [0.25, 0.3) is 0 Å². The third-order valence-electron chi connectivity index (χ3n) is 2.54. The second kappa shape index (κ2) is 8.44. The predicted octanol–water partition coefficient (Wildman–Crippen LogP) is 4.89. The summed E-state index contributed by atoms with van der Waals surface area (Å²) in [4.78, 5) is 12.6. The maximum Gasteiger partial charge on any atom is 0.250 e. The highest BCUT2D eigenvalue weighted by atomic mass is 35.5. The van der Waals surface area contributed by atoms with Crippen LogP contribution in [0.15, 0.2) is 52.5 Å². The van der Waals surface area contributed by atoms with Crippen molar-refractivity contribution in [3.63, 3.8) is 0 Å². The molecule has 7 heteroatoms. The van der Waals surface area contributed by atoms with Crippen molar-refractivity contribution in [2.75, 3.05) is 5.75 Å². The number of hydrogen-bond acceptors (Lipinski definition) is 3. The molecule has 2 aromatic rings. The zero-order valence-electron chi connectivity index (χ0n) is 11.2. The molecule has 0 atom stereocenters. The van der Waals surface area contributed by atoms with E-state index in [-0.39, 0.29) is 11.7 Å². The van der Waals surface area contributed by atoms with Crippen molar-refractivity contribution in [2.24, 2.45) is 5.10 Å². The third kappa shape index (κ3) is 5.54. The summed E-state index contributed by atoms with van der Waals surface area (Å²) in [6.45, 7) is 0. The topological polar surface area (TPSA) is 41.5 Å². The fourth-order valence-corrected chi connectivity index (χ4v) is 2.77. The van der Waals surface area contributed by atoms with E-state index in [1.807, 2.05) is 12.1 Å². The zero-order valence-corrected chi connectivity index (χ0v) is 14.3. The molecule has 0 unspecified atom stereocenters. The van der Waals surface area contributed by atoms with Gasteiger partial charge in [-0.2, -0.15) is 5.10 Å². The second-order valence-electron chi connectivity index (χ2n) is 4.20. The fourth-order valence-electron chi connectivity index (χ4n) is 1.49. The van der Waals surface area contributed by atoms with Crippen LogP contribution in [0.25, 0.3) is 0 Å². The summed E-state index contributed by atoms with van der Waals surface area (Å²) in [6.07, 6.45) is 1.48. The van der Waals surface area contributed by atoms with Crippen LogP contribution in [0.4, 0.5) is 0 Å². The van der Waals surface area contributed by atoms with Gasteiger partial charge in [-0.05, 0) is 36.4 Å². The van der Waals surface area contributed by atoms with Gasteiger partial charge < -0.3 is 0 Å². The standard InChI is InChI=1S/C15H11Cl3N2OS/c16-11-3-5-13(6-4-11)22-9-15(21)20-19-8-10-1-2-12(17)7-14(10)18/h1-8H,9H2,(H,20,21)/b19-8-. The molecule has 0 aliphatic carbocycles. The van der Waals surface area contributed by atoms with Gasteiger partial charge in [-0.3, -0.25) is 4.79 Å². The van der Waals surface area contributed by atoms with E-state index < -0.39 is 0 Å². The quantitative estimate of drug-likeness (QED) is 0.460. The first-order valence-corrected chi connectivity index (χ1v) is 8.32. The smallest absolute Gasteiger partial charge is 0.250 e. The molecule has 22 heavy (non-hydrogen) atoms. The van der Waals surface area contributed by atoms with Gasteiger partial charge in [0.1, 0.15) is 0 Å². The van der Waals surface area contributed by atoms with E-state index in [1.54, 1.807) is 30.3 Å². The minimum atomic E-state index is -0.207. The maximum atomic E-state index is 11.7. The average Bonchev–Trinajstić information content (AvgIpc) is 2.49. The van der Waals surface area contributed by atoms with Crippen molar-refractivity contribution in [3.8, 4) is 0 Å². The summed E-state index contributed by atoms with van der Waals surface area (Å²) in [6, 6.07) is 12.3. The molecule has 0 saturated carbocycles. The van der Waals surface area contributed by atoms with Gasteiger partial charge >= 0.3 is 0 Å². The van der Waals surface area contributed by atoms with E-state index in [0.29, 0.717) is 20.6 Å². The zero-order chi connectivity index (χ0) is 15.9. The van der Waals surface area contributed by atoms with Gasteiger partial charge in [-0.1, -0.05) is 40.9 Å². The Morgan fingerprint density at radius 1 is 1.09 bits per heavy atom. The Bertz CT molecular complexity index is 690. The number of rotatable bonds is 5. The summed E-state index contributed by atoms with van der Waals surface area (Å²) >= 11 is 19.0. The van der Waals surface area contributed by atoms with Crippen molar-refractivity contribution in [3.05, 3.63) is 63.1 Å². The lowest BCUT2D eigenvalue weighted by molar-refractivity contribution is -0.118. The maximum absolute atomic E-state index is 11.7. The molecular weight excluding hydrogens is 363 g/mol. The molecule has 2 aromatic carbocycles. The van der Waals surface area contributed by atoms with E-state index in [2.05, 4.69) is 10.5 Å². The summed E-state index contributed by atoms with van der Waals surface area (Å²) in [5.74, 6) is 0.0501. The molecule has 0 saturated heterocycles. The van der Waals surface area contributed by atoms with Gasteiger partial charge in [0, 0.05) is 20.5 Å². The number of hydrazone groups is 1. The lowest BCUT2D eigenvalue weighted by Crippen LogP contribution is -2.19. The molecule has 0 aliphatic rings. The number of benzene rings is 2. The number of thioether (sulfide) groups is 1. The van der Waals surface area contributed by atoms with Crippen LogP contribution in [0.2, 0.25) is 15.1 Å². The molecular formula is C15H11Cl3N2OS. The average molecular weight is 374 g/mol. The highest BCUT2D eigenvalue weighted by Gasteiger charge is 2.02. The normalized spacial score (nSPS) is 10.9. The van der Waals surface area contributed by atoms with Crippen LogP contribution in [0, 0.1) is 0 Å². The van der Waals surface area contributed by atoms with E-state index >= 15 is 0 Å². The predicted molar refractivity (Wildman–Crippen MR) is 94.4 cm³/mol. The van der Waals surface area contributed by atoms with Crippen LogP contribution >= 0.6 is 46.6 Å². The monoisotopic (exact) mass is 372 g/mol. The molecule has 1 N–H and O–H groups in total. The Balaban J connectivity index is 1.82. The number of hydrogen-bond donors (Lipinski definition) is 1. The molecule has 1 amide bonds. The largest absolute Gasteiger partial charge is 0.272 e. The van der Waals surface area contributed by atoms with Crippen molar-refractivity contribution < 1.29 is 4.79 Å². The Hall–Kier alpha value is -1.20. The lowest BCUT2D eigenvalue weighted by atomic mass is 10.2. The third-order valence-corrected chi connectivity index (χ3v) is 4.37. The first-order valence-electron chi connectivity index (χ1n) is 6.20. The molecule has 0 aliphatic heterocycles. The molecule has 2 rings (SSSR count). The van der Waals surface area contributed by atoms with Crippen molar-refractivity contribution in [1.82, 2.24) is 5.43 Å². The molecule has 0 fully saturated rings. The van der Waals surface area contributed by atoms with Gasteiger partial charge in [-0.25, -0.2) is 5.43 Å². The number of carbonyl (C=O) groups excluding carboxylic acids is 1. The minimum Gasteiger partial charge on any atom is -0.272 e. The molecule has 0 aromatic heterocycles. The minimum absolute atomic E-state index is 0.207. The Kier molecular flexibility index (Phi) is 6.58. The highest BCUT2D eigenvalue weighted by molar-refractivity contribution is 8.00. The summed E-state index contributed by atoms with van der Waals surface area (Å²) in [5, 5.41) is 5.56. The van der Waals surface area contributed by atoms with Crippen LogP contribution in [-0.2, 0) is 4.79 Å². The second-order valence-corrected chi connectivity index (χ2v) is 6.53. The Labute approximate surface area is 147 Å². The van der Waals surface area contributed by atoms with E-state index in [9.17, 15) is 4.79 Å². The SMILES string of the molecule is O=C(CSc1ccc(Cl)cc1)N/N=C\c1ccc(Cl)cc1Cl. The highest BCUT2D eigenvalue weighted by Crippen LogP contribution is 2.20. The molecule has 3 nitrogen and oxygen atoms in total. The number of nitrogens with one attached hydrogen (secondary N) is 1. The number of amides is 1. The van der Waals surface area contributed by atoms with Gasteiger partial charge in [0.05, 0.1) is 17.0 Å². The van der Waals surface area contributed by atoms with Crippen molar-refractivity contribution in [2.45, 2.75) is 4.90 Å². The van der Waals surface area contributed by atoms with Gasteiger partial charge in [0.15, 0.2) is 0 Å². The van der Waals surface area contributed by atoms with Gasteiger partial charge in [0.2, 0.25) is 5.91 Å². The van der Waals surface area contributed by atoms with Crippen molar-refractivity contribution in [1.29, 1.82) is 0 Å². The number of halogens is 3. The van der Waals surface area contributed by atoms with E-state index in [1.165, 1.54) is 18.0 Å². The van der Waals surface area contributed by atoms with Crippen molar-refractivity contribution >= 4 is 58.7 Å². The number of nitrogens with zero attached hydrogens (tertiary/aromatic N) is 1. The summed E-state index contributed by atoms with van der Waals surface area (Å²) < 4.78 is 0. The van der Waals surface area contributed by atoms with Gasteiger partial charge in [-0.15, -0.1) is 11.8 Å². The van der Waals surface area contributed by atoms with E-state index in [0.717, 1.165) is 4.90 Å². The lowest BCUT2D eigenvalue weighted by Gasteiger charge is -2.01. The van der Waals surface area contributed by atoms with E-state index in [4.69, 9.17) is 34.8 Å². The van der Waals surface area contributed by atoms with Crippen LogP contribution < -0.4 is 5.43 Å². The Morgan fingerprint density at radius 3 is 2.45 bits per heavy atom.